The van der Waals surface area contributed by atoms with Crippen molar-refractivity contribution in [2.24, 2.45) is 0 Å². The number of hydrogen-bond acceptors (Lipinski definition) is 7. The van der Waals surface area contributed by atoms with Gasteiger partial charge < -0.3 is 8.98 Å². The number of rotatable bonds is 8. The van der Waals surface area contributed by atoms with Crippen LogP contribution in [-0.4, -0.2) is 24.7 Å². The molecule has 0 saturated heterocycles. The summed E-state index contributed by atoms with van der Waals surface area (Å²) < 4.78 is 7.93. The molecule has 0 saturated carbocycles. The fraction of sp³-hybridized carbons (Fsp3) is 0.389. The average molecular weight is 387 g/mol. The third-order valence-corrected chi connectivity index (χ3v) is 5.24. The number of nitro benzene ring substituents is 1. The second-order valence-corrected chi connectivity index (χ2v) is 7.11. The van der Waals surface area contributed by atoms with E-state index in [1.54, 1.807) is 23.9 Å². The van der Waals surface area contributed by atoms with Gasteiger partial charge in [-0.2, -0.15) is 0 Å². The lowest BCUT2D eigenvalue weighted by Crippen LogP contribution is -2.02. The van der Waals surface area contributed by atoms with Gasteiger partial charge in [-0.1, -0.05) is 25.1 Å². The predicted octanol–water partition coefficient (Wildman–Crippen LogP) is 4.55. The Morgan fingerprint density at radius 1 is 1.22 bits per heavy atom. The maximum atomic E-state index is 10.7. The fourth-order valence-electron chi connectivity index (χ4n) is 2.59. The number of non-ortho nitro benzene ring substituents is 1. The van der Waals surface area contributed by atoms with Crippen LogP contribution in [0.15, 0.2) is 33.8 Å². The quantitative estimate of drug-likeness (QED) is 0.317. The first-order valence-electron chi connectivity index (χ1n) is 8.73. The molecule has 0 aliphatic rings. The van der Waals surface area contributed by atoms with Crippen LogP contribution in [-0.2, 0) is 12.3 Å². The van der Waals surface area contributed by atoms with Crippen molar-refractivity contribution >= 4 is 17.4 Å². The second-order valence-electron chi connectivity index (χ2n) is 6.16. The molecule has 2 aromatic heterocycles. The number of imidazole rings is 1. The van der Waals surface area contributed by atoms with Crippen LogP contribution in [0.4, 0.5) is 5.69 Å². The van der Waals surface area contributed by atoms with E-state index < -0.39 is 4.92 Å². The van der Waals surface area contributed by atoms with Crippen LogP contribution in [0.5, 0.6) is 0 Å². The Balaban J connectivity index is 1.70. The van der Waals surface area contributed by atoms with E-state index in [-0.39, 0.29) is 5.69 Å². The molecule has 0 amide bonds. The van der Waals surface area contributed by atoms with E-state index in [4.69, 9.17) is 4.42 Å². The lowest BCUT2D eigenvalue weighted by atomic mass is 10.2. The van der Waals surface area contributed by atoms with E-state index in [9.17, 15) is 10.1 Å². The summed E-state index contributed by atoms with van der Waals surface area (Å²) in [5.74, 6) is 1.36. The van der Waals surface area contributed by atoms with Crippen molar-refractivity contribution in [3.63, 3.8) is 0 Å². The Bertz CT molecular complexity index is 933. The zero-order chi connectivity index (χ0) is 19.4. The van der Waals surface area contributed by atoms with E-state index in [0.29, 0.717) is 23.1 Å². The van der Waals surface area contributed by atoms with Gasteiger partial charge in [0.15, 0.2) is 5.16 Å². The molecule has 0 radical (unpaired) electrons. The van der Waals surface area contributed by atoms with Gasteiger partial charge in [0.25, 0.3) is 5.69 Å². The lowest BCUT2D eigenvalue weighted by Gasteiger charge is -2.08. The van der Waals surface area contributed by atoms with E-state index in [1.807, 2.05) is 6.92 Å². The zero-order valence-corrected chi connectivity index (χ0v) is 16.3. The molecule has 0 atom stereocenters. The second kappa shape index (κ2) is 8.34. The summed E-state index contributed by atoms with van der Waals surface area (Å²) in [6, 6.07) is 6.05. The monoisotopic (exact) mass is 387 g/mol. The molecular formula is C18H21N5O3S. The first-order chi connectivity index (χ1) is 13.0. The van der Waals surface area contributed by atoms with Crippen LogP contribution >= 0.6 is 11.8 Å². The standard InChI is InChI=1S/C18H21N5O3S/c1-4-5-10-22-13(3)12(2)19-18(22)27-11-16-20-21-17(26-16)14-6-8-15(9-7-14)23(24)25/h6-9H,4-5,10-11H2,1-3H3. The zero-order valence-electron chi connectivity index (χ0n) is 15.5. The molecule has 27 heavy (non-hydrogen) atoms. The highest BCUT2D eigenvalue weighted by atomic mass is 32.2. The van der Waals surface area contributed by atoms with Crippen molar-refractivity contribution in [2.75, 3.05) is 0 Å². The molecule has 0 bridgehead atoms. The van der Waals surface area contributed by atoms with E-state index in [2.05, 4.69) is 33.6 Å². The summed E-state index contributed by atoms with van der Waals surface area (Å²) in [5.41, 5.74) is 2.90. The van der Waals surface area contributed by atoms with Crippen LogP contribution in [0.25, 0.3) is 11.5 Å². The number of thioether (sulfide) groups is 1. The molecule has 9 heteroatoms. The van der Waals surface area contributed by atoms with Crippen LogP contribution in [0.2, 0.25) is 0 Å². The van der Waals surface area contributed by atoms with E-state index >= 15 is 0 Å². The number of nitro groups is 1. The molecule has 0 N–H and O–H groups in total. The largest absolute Gasteiger partial charge is 0.420 e. The fourth-order valence-corrected chi connectivity index (χ4v) is 3.55. The number of benzene rings is 1. The molecule has 0 aliphatic heterocycles. The van der Waals surface area contributed by atoms with Gasteiger partial charge in [-0.3, -0.25) is 10.1 Å². The normalized spacial score (nSPS) is 11.1. The molecule has 0 aliphatic carbocycles. The van der Waals surface area contributed by atoms with Crippen molar-refractivity contribution in [2.45, 2.75) is 51.1 Å². The SMILES string of the molecule is CCCCn1c(SCc2nnc(-c3ccc([N+](=O)[O-])cc3)o2)nc(C)c1C. The molecule has 2 heterocycles. The van der Waals surface area contributed by atoms with Crippen molar-refractivity contribution in [3.05, 3.63) is 51.7 Å². The summed E-state index contributed by atoms with van der Waals surface area (Å²) >= 11 is 1.57. The van der Waals surface area contributed by atoms with Gasteiger partial charge in [0.05, 0.1) is 16.4 Å². The minimum Gasteiger partial charge on any atom is -0.420 e. The first-order valence-corrected chi connectivity index (χ1v) is 9.72. The van der Waals surface area contributed by atoms with Gasteiger partial charge in [0, 0.05) is 29.9 Å². The van der Waals surface area contributed by atoms with Crippen LogP contribution in [0.1, 0.15) is 37.0 Å². The Morgan fingerprint density at radius 3 is 2.63 bits per heavy atom. The number of unbranched alkanes of at least 4 members (excludes halogenated alkanes) is 1. The Labute approximate surface area is 161 Å². The Kier molecular flexibility index (Phi) is 5.90. The minimum atomic E-state index is -0.440. The third-order valence-electron chi connectivity index (χ3n) is 4.27. The van der Waals surface area contributed by atoms with Gasteiger partial charge in [-0.05, 0) is 32.4 Å². The maximum Gasteiger partial charge on any atom is 0.269 e. The average Bonchev–Trinajstić information content (AvgIpc) is 3.24. The van der Waals surface area contributed by atoms with Gasteiger partial charge in [0.1, 0.15) is 0 Å². The number of aromatic nitrogens is 4. The molecule has 0 unspecified atom stereocenters. The van der Waals surface area contributed by atoms with Gasteiger partial charge in [-0.25, -0.2) is 4.98 Å². The lowest BCUT2D eigenvalue weighted by molar-refractivity contribution is -0.384. The van der Waals surface area contributed by atoms with Crippen LogP contribution < -0.4 is 0 Å². The summed E-state index contributed by atoms with van der Waals surface area (Å²) in [7, 11) is 0. The van der Waals surface area contributed by atoms with Crippen molar-refractivity contribution in [1.29, 1.82) is 0 Å². The Hall–Kier alpha value is -2.68. The van der Waals surface area contributed by atoms with Crippen molar-refractivity contribution < 1.29 is 9.34 Å². The topological polar surface area (TPSA) is 99.9 Å². The molecule has 0 spiro atoms. The van der Waals surface area contributed by atoms with Crippen molar-refractivity contribution in [1.82, 2.24) is 19.7 Å². The van der Waals surface area contributed by atoms with Gasteiger partial charge in [-0.15, -0.1) is 10.2 Å². The number of hydrogen-bond donors (Lipinski definition) is 0. The summed E-state index contributed by atoms with van der Waals surface area (Å²) in [4.78, 5) is 14.9. The highest BCUT2D eigenvalue weighted by molar-refractivity contribution is 7.98. The van der Waals surface area contributed by atoms with E-state index in [1.165, 1.54) is 17.8 Å². The molecule has 142 valence electrons. The molecule has 3 rings (SSSR count). The van der Waals surface area contributed by atoms with Crippen molar-refractivity contribution in [3.8, 4) is 11.5 Å². The molecule has 8 nitrogen and oxygen atoms in total. The summed E-state index contributed by atoms with van der Waals surface area (Å²) in [5, 5.41) is 19.8. The number of nitrogens with zero attached hydrogens (tertiary/aromatic N) is 5. The molecule has 0 fully saturated rings. The highest BCUT2D eigenvalue weighted by Crippen LogP contribution is 2.27. The smallest absolute Gasteiger partial charge is 0.269 e. The molecular weight excluding hydrogens is 366 g/mol. The summed E-state index contributed by atoms with van der Waals surface area (Å²) in [6.45, 7) is 7.22. The first kappa shape index (κ1) is 19.1. The van der Waals surface area contributed by atoms with Crippen LogP contribution in [0.3, 0.4) is 0 Å². The maximum absolute atomic E-state index is 10.7. The third kappa shape index (κ3) is 4.36. The van der Waals surface area contributed by atoms with Crippen LogP contribution in [0, 0.1) is 24.0 Å². The number of aryl methyl sites for hydroxylation is 1. The minimum absolute atomic E-state index is 0.0266. The predicted molar refractivity (Wildman–Crippen MR) is 103 cm³/mol. The summed E-state index contributed by atoms with van der Waals surface area (Å²) in [6.07, 6.45) is 2.23. The molecule has 3 aromatic rings. The van der Waals surface area contributed by atoms with Gasteiger partial charge >= 0.3 is 0 Å². The molecule has 1 aromatic carbocycles. The Morgan fingerprint density at radius 2 is 1.96 bits per heavy atom. The van der Waals surface area contributed by atoms with E-state index in [0.717, 1.165) is 30.2 Å². The van der Waals surface area contributed by atoms with Gasteiger partial charge in [0.2, 0.25) is 11.8 Å². The highest BCUT2D eigenvalue weighted by Gasteiger charge is 2.15.